The number of rotatable bonds is 14. The zero-order valence-corrected chi connectivity index (χ0v) is 18.2. The van der Waals surface area contributed by atoms with Gasteiger partial charge in [-0.3, -0.25) is 4.79 Å². The van der Waals surface area contributed by atoms with E-state index >= 15 is 0 Å². The molecule has 0 fully saturated rings. The molecule has 6 heteroatoms. The largest absolute Gasteiger partial charge is 0.520 e. The maximum Gasteiger partial charge on any atom is 0.334 e. The van der Waals surface area contributed by atoms with Gasteiger partial charge in [0.1, 0.15) is 0 Å². The van der Waals surface area contributed by atoms with E-state index in [4.69, 9.17) is 13.3 Å². The van der Waals surface area contributed by atoms with E-state index in [1.54, 1.807) is 14.2 Å². The van der Waals surface area contributed by atoms with Crippen molar-refractivity contribution in [2.45, 2.75) is 90.0 Å². The van der Waals surface area contributed by atoms with Crippen LogP contribution in [0.5, 0.6) is 0 Å². The lowest BCUT2D eigenvalue weighted by Crippen LogP contribution is -2.35. The first-order valence-corrected chi connectivity index (χ1v) is 15.0. The molecular weight excluding hydrogens is 324 g/mol. The van der Waals surface area contributed by atoms with Crippen molar-refractivity contribution in [2.75, 3.05) is 14.2 Å². The van der Waals surface area contributed by atoms with Gasteiger partial charge in [0.05, 0.1) is 0 Å². The Morgan fingerprint density at radius 3 is 1.61 bits per heavy atom. The minimum Gasteiger partial charge on any atom is -0.520 e. The Balaban J connectivity index is 3.39. The van der Waals surface area contributed by atoms with Gasteiger partial charge in [0.25, 0.3) is 5.97 Å². The van der Waals surface area contributed by atoms with Gasteiger partial charge in [-0.05, 0) is 38.7 Å². The summed E-state index contributed by atoms with van der Waals surface area (Å²) in [4.78, 5) is 11.6. The van der Waals surface area contributed by atoms with Crippen molar-refractivity contribution < 1.29 is 18.1 Å². The van der Waals surface area contributed by atoms with E-state index in [2.05, 4.69) is 26.2 Å². The second-order valence-electron chi connectivity index (χ2n) is 7.46. The molecule has 0 aliphatic heterocycles. The third-order valence-electron chi connectivity index (χ3n) is 4.05. The van der Waals surface area contributed by atoms with Gasteiger partial charge in [-0.15, -0.1) is 0 Å². The van der Waals surface area contributed by atoms with Gasteiger partial charge >= 0.3 is 8.56 Å². The molecular formula is C17H38O4Si2. The first-order chi connectivity index (χ1) is 10.7. The van der Waals surface area contributed by atoms with Gasteiger partial charge in [-0.2, -0.15) is 0 Å². The highest BCUT2D eigenvalue weighted by Crippen LogP contribution is 2.17. The molecule has 0 radical (unpaired) electrons. The summed E-state index contributed by atoms with van der Waals surface area (Å²) >= 11 is 0. The molecule has 138 valence electrons. The van der Waals surface area contributed by atoms with Crippen LogP contribution >= 0.6 is 0 Å². The second kappa shape index (κ2) is 12.2. The highest BCUT2D eigenvalue weighted by molar-refractivity contribution is 6.71. The zero-order chi connectivity index (χ0) is 17.8. The number of hydrogen-bond donors (Lipinski definition) is 0. The Kier molecular flexibility index (Phi) is 12.1. The van der Waals surface area contributed by atoms with Crippen LogP contribution in [0.4, 0.5) is 0 Å². The topological polar surface area (TPSA) is 44.8 Å². The average molecular weight is 363 g/mol. The summed E-state index contributed by atoms with van der Waals surface area (Å²) in [6.07, 6.45) is 10.2. The van der Waals surface area contributed by atoms with Gasteiger partial charge in [-0.25, -0.2) is 0 Å². The van der Waals surface area contributed by atoms with Crippen LogP contribution in [0.15, 0.2) is 0 Å². The predicted molar refractivity (Wildman–Crippen MR) is 101 cm³/mol. The van der Waals surface area contributed by atoms with Gasteiger partial charge < -0.3 is 13.3 Å². The maximum atomic E-state index is 11.6. The monoisotopic (exact) mass is 362 g/mol. The van der Waals surface area contributed by atoms with Crippen LogP contribution in [0.25, 0.3) is 0 Å². The van der Waals surface area contributed by atoms with Crippen molar-refractivity contribution in [1.29, 1.82) is 0 Å². The first-order valence-electron chi connectivity index (χ1n) is 9.04. The summed E-state index contributed by atoms with van der Waals surface area (Å²) in [7, 11) is -0.0324. The molecule has 0 atom stereocenters. The molecule has 0 aliphatic carbocycles. The lowest BCUT2D eigenvalue weighted by molar-refractivity contribution is -0.135. The fourth-order valence-corrected chi connectivity index (χ4v) is 4.71. The highest BCUT2D eigenvalue weighted by atomic mass is 28.4. The minimum absolute atomic E-state index is 0.00679. The van der Waals surface area contributed by atoms with Gasteiger partial charge in [-0.1, -0.05) is 44.9 Å². The van der Waals surface area contributed by atoms with E-state index in [1.807, 2.05) is 0 Å². The SMILES string of the molecule is CO[Si](C)(CCCCCCCCCCC(=O)O[Si](C)(C)C)OC. The van der Waals surface area contributed by atoms with Crippen LogP contribution in [-0.4, -0.2) is 37.1 Å². The van der Waals surface area contributed by atoms with Crippen LogP contribution < -0.4 is 0 Å². The molecule has 0 aromatic rings. The molecule has 4 nitrogen and oxygen atoms in total. The molecule has 0 saturated carbocycles. The number of carbonyl (C=O) groups excluding carboxylic acids is 1. The lowest BCUT2D eigenvalue weighted by atomic mass is 10.1. The van der Waals surface area contributed by atoms with E-state index in [0.717, 1.165) is 18.9 Å². The summed E-state index contributed by atoms with van der Waals surface area (Å²) in [5.74, 6) is -0.00679. The molecule has 0 bridgehead atoms. The molecule has 0 aromatic carbocycles. The maximum absolute atomic E-state index is 11.6. The lowest BCUT2D eigenvalue weighted by Gasteiger charge is -2.22. The quantitative estimate of drug-likeness (QED) is 0.313. The summed E-state index contributed by atoms with van der Waals surface area (Å²) in [5.41, 5.74) is 0. The molecule has 0 saturated heterocycles. The zero-order valence-electron chi connectivity index (χ0n) is 16.2. The van der Waals surface area contributed by atoms with E-state index in [-0.39, 0.29) is 5.97 Å². The van der Waals surface area contributed by atoms with E-state index in [1.165, 1.54) is 38.5 Å². The highest BCUT2D eigenvalue weighted by Gasteiger charge is 2.27. The predicted octanol–water partition coefficient (Wildman–Crippen LogP) is 5.24. The van der Waals surface area contributed by atoms with Crippen LogP contribution in [0.1, 0.15) is 57.8 Å². The molecule has 0 aliphatic rings. The molecule has 0 spiro atoms. The minimum atomic E-state index is -1.85. The molecule has 0 heterocycles. The summed E-state index contributed by atoms with van der Waals surface area (Å²) < 4.78 is 16.4. The summed E-state index contributed by atoms with van der Waals surface area (Å²) in [6, 6.07) is 1.08. The number of hydrogen-bond acceptors (Lipinski definition) is 4. The van der Waals surface area contributed by atoms with Crippen molar-refractivity contribution in [2.24, 2.45) is 0 Å². The van der Waals surface area contributed by atoms with Crippen LogP contribution in [0.2, 0.25) is 32.2 Å². The molecule has 0 amide bonds. The van der Waals surface area contributed by atoms with Crippen LogP contribution in [0.3, 0.4) is 0 Å². The normalized spacial score (nSPS) is 12.4. The Labute approximate surface area is 145 Å². The third-order valence-corrected chi connectivity index (χ3v) is 7.87. The second-order valence-corrected chi connectivity index (χ2v) is 15.5. The van der Waals surface area contributed by atoms with Crippen LogP contribution in [-0.2, 0) is 18.1 Å². The van der Waals surface area contributed by atoms with Gasteiger partial charge in [0, 0.05) is 20.6 Å². The van der Waals surface area contributed by atoms with Crippen molar-refractivity contribution in [3.8, 4) is 0 Å². The van der Waals surface area contributed by atoms with Crippen molar-refractivity contribution in [1.82, 2.24) is 0 Å². The Morgan fingerprint density at radius 1 is 0.739 bits per heavy atom. The molecule has 0 aromatic heterocycles. The van der Waals surface area contributed by atoms with Crippen molar-refractivity contribution in [3.63, 3.8) is 0 Å². The average Bonchev–Trinajstić information content (AvgIpc) is 2.47. The fourth-order valence-electron chi connectivity index (χ4n) is 2.46. The molecule has 0 rings (SSSR count). The first kappa shape index (κ1) is 22.8. The van der Waals surface area contributed by atoms with Crippen LogP contribution in [0, 0.1) is 0 Å². The summed E-state index contributed by atoms with van der Waals surface area (Å²) in [5, 5.41) is 0. The molecule has 23 heavy (non-hydrogen) atoms. The Morgan fingerprint density at radius 2 is 1.17 bits per heavy atom. The van der Waals surface area contributed by atoms with E-state index < -0.39 is 16.9 Å². The standard InChI is InChI=1S/C17H38O4Si2/c1-19-23(6,20-2)16-14-12-10-8-7-9-11-13-15-17(18)21-22(3,4)5/h7-16H2,1-6H3. The smallest absolute Gasteiger partial charge is 0.334 e. The number of unbranched alkanes of at least 4 members (excludes halogenated alkanes) is 7. The summed E-state index contributed by atoms with van der Waals surface area (Å²) in [6.45, 7) is 8.28. The Hall–Kier alpha value is -0.176. The molecule has 0 unspecified atom stereocenters. The molecule has 0 N–H and O–H groups in total. The van der Waals surface area contributed by atoms with Crippen molar-refractivity contribution in [3.05, 3.63) is 0 Å². The number of carbonyl (C=O) groups is 1. The Bertz CT molecular complexity index is 312. The van der Waals surface area contributed by atoms with E-state index in [0.29, 0.717) is 6.42 Å². The van der Waals surface area contributed by atoms with Gasteiger partial charge in [0.2, 0.25) is 8.32 Å². The van der Waals surface area contributed by atoms with Gasteiger partial charge in [0.15, 0.2) is 0 Å². The third kappa shape index (κ3) is 13.9. The van der Waals surface area contributed by atoms with Crippen molar-refractivity contribution >= 4 is 22.8 Å². The van der Waals surface area contributed by atoms with E-state index in [9.17, 15) is 4.79 Å². The fraction of sp³-hybridized carbons (Fsp3) is 0.941.